The number of rotatable bonds is 7. The summed E-state index contributed by atoms with van der Waals surface area (Å²) in [7, 11) is 0. The second-order valence-corrected chi connectivity index (χ2v) is 8.29. The van der Waals surface area contributed by atoms with E-state index in [0.717, 1.165) is 32.0 Å². The lowest BCUT2D eigenvalue weighted by molar-refractivity contribution is -0.140. The number of carbonyl (C=O) groups excluding carboxylic acids is 1. The van der Waals surface area contributed by atoms with Crippen LogP contribution < -0.4 is 5.73 Å². The predicted octanol–water partition coefficient (Wildman–Crippen LogP) is 4.94. The summed E-state index contributed by atoms with van der Waals surface area (Å²) in [6.07, 6.45) is 7.14. The monoisotopic (exact) mass is 393 g/mol. The fourth-order valence-corrected chi connectivity index (χ4v) is 4.33. The molecule has 0 atom stereocenters. The number of carbonyl (C=O) groups is 2. The van der Waals surface area contributed by atoms with Gasteiger partial charge in [-0.1, -0.05) is 49.1 Å². The number of thiophene rings is 1. The van der Waals surface area contributed by atoms with Crippen LogP contribution in [-0.4, -0.2) is 17.0 Å². The molecule has 4 nitrogen and oxygen atoms in total. The molecule has 0 saturated heterocycles. The molecular weight excluding hydrogens is 370 g/mol. The molecule has 0 bridgehead atoms. The fraction of sp³-hybridized carbons (Fsp3) is 0.217. The number of aryl methyl sites for hydroxylation is 1. The third-order valence-electron chi connectivity index (χ3n) is 5.13. The van der Waals surface area contributed by atoms with Crippen LogP contribution in [0, 0.1) is 6.92 Å². The molecule has 2 aromatic rings. The molecule has 1 amide bonds. The van der Waals surface area contributed by atoms with Gasteiger partial charge in [0.05, 0.1) is 11.0 Å². The maximum Gasteiger partial charge on any atom is 0.314 e. The SMILES string of the molecule is C=C(/C=C\C(=C/C)c1sc(C)cc1C(N)=O)c1ccc(C2(C(=O)O)CC2)cc1. The van der Waals surface area contributed by atoms with E-state index in [1.54, 1.807) is 0 Å². The first-order valence-corrected chi connectivity index (χ1v) is 9.88. The van der Waals surface area contributed by atoms with Crippen LogP contribution in [0.3, 0.4) is 0 Å². The standard InChI is InChI=1S/C23H23NO3S/c1-4-16(20-19(21(24)25)13-15(3)28-20)6-5-14(2)17-7-9-18(10-8-17)23(11-12-23)22(26)27/h4-10,13H,2,11-12H2,1,3H3,(H2,24,25)(H,26,27)/b6-5-,16-4+. The molecule has 1 heterocycles. The minimum absolute atomic E-state index is 0.436. The highest BCUT2D eigenvalue weighted by molar-refractivity contribution is 7.13. The minimum atomic E-state index is -0.756. The van der Waals surface area contributed by atoms with Gasteiger partial charge in [0.1, 0.15) is 0 Å². The van der Waals surface area contributed by atoms with Crippen molar-refractivity contribution in [2.75, 3.05) is 0 Å². The first-order chi connectivity index (χ1) is 13.3. The molecule has 1 aromatic carbocycles. The number of aliphatic carboxylic acids is 1. The normalized spacial score (nSPS) is 15.6. The average molecular weight is 394 g/mol. The second-order valence-electron chi connectivity index (χ2n) is 7.03. The van der Waals surface area contributed by atoms with Crippen LogP contribution in [0.15, 0.2) is 55.1 Å². The van der Waals surface area contributed by atoms with Crippen LogP contribution in [0.4, 0.5) is 0 Å². The number of amides is 1. The summed E-state index contributed by atoms with van der Waals surface area (Å²) in [6.45, 7) is 7.97. The van der Waals surface area contributed by atoms with Gasteiger partial charge < -0.3 is 10.8 Å². The van der Waals surface area contributed by atoms with Gasteiger partial charge in [0.2, 0.25) is 5.91 Å². The van der Waals surface area contributed by atoms with Gasteiger partial charge in [-0.3, -0.25) is 9.59 Å². The summed E-state index contributed by atoms with van der Waals surface area (Å²) in [5.74, 6) is -1.19. The molecular formula is C23H23NO3S. The van der Waals surface area contributed by atoms with Crippen molar-refractivity contribution in [2.24, 2.45) is 5.73 Å². The van der Waals surface area contributed by atoms with E-state index in [0.29, 0.717) is 18.4 Å². The van der Waals surface area contributed by atoms with Crippen molar-refractivity contribution in [2.45, 2.75) is 32.1 Å². The van der Waals surface area contributed by atoms with Gasteiger partial charge in [-0.05, 0) is 55.0 Å². The van der Waals surface area contributed by atoms with Gasteiger partial charge in [-0.2, -0.15) is 0 Å². The average Bonchev–Trinajstić information content (AvgIpc) is 3.39. The molecule has 0 radical (unpaired) electrons. The zero-order chi connectivity index (χ0) is 20.5. The lowest BCUT2D eigenvalue weighted by atomic mass is 9.94. The number of allylic oxidation sites excluding steroid dienone is 5. The zero-order valence-corrected chi connectivity index (χ0v) is 16.8. The van der Waals surface area contributed by atoms with E-state index in [4.69, 9.17) is 5.73 Å². The Bertz CT molecular complexity index is 1000. The van der Waals surface area contributed by atoms with Crippen LogP contribution in [0.2, 0.25) is 0 Å². The Kier molecular flexibility index (Phi) is 5.38. The Balaban J connectivity index is 1.79. The van der Waals surface area contributed by atoms with Crippen molar-refractivity contribution in [3.63, 3.8) is 0 Å². The van der Waals surface area contributed by atoms with E-state index in [2.05, 4.69) is 6.58 Å². The molecule has 1 aromatic heterocycles. The highest BCUT2D eigenvalue weighted by Crippen LogP contribution is 2.48. The van der Waals surface area contributed by atoms with Crippen LogP contribution in [0.5, 0.6) is 0 Å². The van der Waals surface area contributed by atoms with Gasteiger partial charge in [0, 0.05) is 9.75 Å². The Morgan fingerprint density at radius 1 is 1.21 bits per heavy atom. The maximum absolute atomic E-state index is 11.7. The van der Waals surface area contributed by atoms with E-state index in [9.17, 15) is 14.7 Å². The van der Waals surface area contributed by atoms with E-state index in [1.165, 1.54) is 11.3 Å². The molecule has 3 rings (SSSR count). The number of nitrogens with two attached hydrogens (primary N) is 1. The highest BCUT2D eigenvalue weighted by atomic mass is 32.1. The molecule has 0 unspecified atom stereocenters. The number of carboxylic acid groups (broad SMARTS) is 1. The molecule has 0 aliphatic heterocycles. The molecule has 1 saturated carbocycles. The maximum atomic E-state index is 11.7. The smallest absolute Gasteiger partial charge is 0.314 e. The Hall–Kier alpha value is -2.92. The van der Waals surface area contributed by atoms with Crippen LogP contribution in [0.25, 0.3) is 11.1 Å². The number of benzene rings is 1. The Labute approximate surface area is 168 Å². The van der Waals surface area contributed by atoms with Crippen molar-refractivity contribution >= 4 is 34.4 Å². The first-order valence-electron chi connectivity index (χ1n) is 9.06. The van der Waals surface area contributed by atoms with Crippen LogP contribution in [0.1, 0.15) is 51.0 Å². The van der Waals surface area contributed by atoms with Crippen molar-refractivity contribution in [1.29, 1.82) is 0 Å². The molecule has 3 N–H and O–H groups in total. The Morgan fingerprint density at radius 3 is 2.36 bits per heavy atom. The van der Waals surface area contributed by atoms with E-state index < -0.39 is 17.3 Å². The third-order valence-corrected chi connectivity index (χ3v) is 6.23. The van der Waals surface area contributed by atoms with E-state index in [1.807, 2.05) is 62.4 Å². The summed E-state index contributed by atoms with van der Waals surface area (Å²) in [5, 5.41) is 9.41. The van der Waals surface area contributed by atoms with Crippen LogP contribution >= 0.6 is 11.3 Å². The first kappa shape index (κ1) is 19.8. The Morgan fingerprint density at radius 2 is 1.86 bits per heavy atom. The number of carboxylic acids is 1. The molecule has 1 aliphatic rings. The second kappa shape index (κ2) is 7.60. The largest absolute Gasteiger partial charge is 0.481 e. The van der Waals surface area contributed by atoms with Gasteiger partial charge >= 0.3 is 5.97 Å². The van der Waals surface area contributed by atoms with Crippen molar-refractivity contribution in [3.05, 3.63) is 81.6 Å². The molecule has 5 heteroatoms. The lowest BCUT2D eigenvalue weighted by Gasteiger charge is -2.11. The zero-order valence-electron chi connectivity index (χ0n) is 16.0. The fourth-order valence-electron chi connectivity index (χ4n) is 3.26. The van der Waals surface area contributed by atoms with Gasteiger partial charge in [-0.25, -0.2) is 0 Å². The molecule has 1 fully saturated rings. The van der Waals surface area contributed by atoms with Crippen molar-refractivity contribution < 1.29 is 14.7 Å². The number of hydrogen-bond donors (Lipinski definition) is 2. The van der Waals surface area contributed by atoms with E-state index in [-0.39, 0.29) is 0 Å². The van der Waals surface area contributed by atoms with Crippen molar-refractivity contribution in [3.8, 4) is 0 Å². The summed E-state index contributed by atoms with van der Waals surface area (Å²) >= 11 is 1.53. The topological polar surface area (TPSA) is 80.4 Å². The minimum Gasteiger partial charge on any atom is -0.481 e. The molecule has 28 heavy (non-hydrogen) atoms. The molecule has 144 valence electrons. The highest BCUT2D eigenvalue weighted by Gasteiger charge is 2.51. The van der Waals surface area contributed by atoms with E-state index >= 15 is 0 Å². The predicted molar refractivity (Wildman–Crippen MR) is 114 cm³/mol. The van der Waals surface area contributed by atoms with Gasteiger partial charge in [-0.15, -0.1) is 11.3 Å². The summed E-state index contributed by atoms with van der Waals surface area (Å²) in [5.41, 5.74) is 8.81. The van der Waals surface area contributed by atoms with Crippen LogP contribution in [-0.2, 0) is 10.2 Å². The molecule has 0 spiro atoms. The summed E-state index contributed by atoms with van der Waals surface area (Å²) < 4.78 is 0. The lowest BCUT2D eigenvalue weighted by Crippen LogP contribution is -2.19. The molecule has 1 aliphatic carbocycles. The number of hydrogen-bond acceptors (Lipinski definition) is 3. The van der Waals surface area contributed by atoms with Gasteiger partial charge in [0.25, 0.3) is 0 Å². The van der Waals surface area contributed by atoms with Crippen molar-refractivity contribution in [1.82, 2.24) is 0 Å². The number of primary amides is 1. The van der Waals surface area contributed by atoms with Gasteiger partial charge in [0.15, 0.2) is 0 Å². The summed E-state index contributed by atoms with van der Waals surface area (Å²) in [6, 6.07) is 9.37. The third kappa shape index (κ3) is 3.71. The summed E-state index contributed by atoms with van der Waals surface area (Å²) in [4.78, 5) is 25.0. The quantitative estimate of drug-likeness (QED) is 0.654.